The number of allylic oxidation sites excluding steroid dienone is 1. The van der Waals surface area contributed by atoms with E-state index in [0.717, 1.165) is 70.1 Å². The summed E-state index contributed by atoms with van der Waals surface area (Å²) in [7, 11) is -4.68. The molecule has 0 unspecified atom stereocenters. The van der Waals surface area contributed by atoms with E-state index in [0.29, 0.717) is 43.6 Å². The van der Waals surface area contributed by atoms with Crippen molar-refractivity contribution >= 4 is 62.1 Å². The van der Waals surface area contributed by atoms with Gasteiger partial charge in [-0.15, -0.1) is 0 Å². The van der Waals surface area contributed by atoms with Crippen molar-refractivity contribution in [1.82, 2.24) is 14.6 Å². The second-order valence-corrected chi connectivity index (χ2v) is 21.0. The van der Waals surface area contributed by atoms with Gasteiger partial charge in [0.25, 0.3) is 21.6 Å². The van der Waals surface area contributed by atoms with Crippen molar-refractivity contribution < 1.29 is 41.5 Å². The molecule has 4 aromatic rings. The topological polar surface area (TPSA) is 195 Å². The van der Waals surface area contributed by atoms with Crippen LogP contribution >= 0.6 is 11.6 Å². The quantitative estimate of drug-likeness (QED) is 0.0799. The molecule has 1 aliphatic carbocycles. The number of ether oxygens (including phenoxy) is 3. The van der Waals surface area contributed by atoms with Gasteiger partial charge in [-0.05, 0) is 112 Å². The number of amides is 2. The average molecular weight is 963 g/mol. The SMILES string of the molecule is CC1(C)CCC(CN2CCN(c3ccc(C(=O)NS(=O)(=O)c4ccc(NCC5CCOCC5)c([N+](=O)[O-])c4)c(Oc4cnc(NC(=O)OC(C)(C)C)c(F)c4)c3)CC2)=C(c2ccc(Cl)cc2)C1. The molecule has 7 rings (SSSR count). The van der Waals surface area contributed by atoms with Gasteiger partial charge in [-0.25, -0.2) is 27.3 Å². The molecule has 19 heteroatoms. The number of nitro benzene ring substituents is 1. The van der Waals surface area contributed by atoms with Crippen molar-refractivity contribution in [3.05, 3.63) is 111 Å². The van der Waals surface area contributed by atoms with Crippen LogP contribution < -0.4 is 25.0 Å². The number of piperazine rings is 1. The Hall–Kier alpha value is -5.82. The van der Waals surface area contributed by atoms with Crippen molar-refractivity contribution in [2.24, 2.45) is 11.3 Å². The number of benzene rings is 3. The number of nitro groups is 1. The van der Waals surface area contributed by atoms with Crippen molar-refractivity contribution in [3.8, 4) is 11.5 Å². The molecule has 3 N–H and O–H groups in total. The Balaban J connectivity index is 1.11. The lowest BCUT2D eigenvalue weighted by Gasteiger charge is -2.39. The summed E-state index contributed by atoms with van der Waals surface area (Å²) in [5, 5.41) is 18.1. The normalized spacial score (nSPS) is 17.1. The number of halogens is 2. The number of nitrogens with one attached hydrogen (secondary N) is 3. The number of sulfonamides is 1. The number of aromatic nitrogens is 1. The Labute approximate surface area is 395 Å². The van der Waals surface area contributed by atoms with E-state index in [4.69, 9.17) is 25.8 Å². The molecule has 0 spiro atoms. The molecule has 1 aromatic heterocycles. The van der Waals surface area contributed by atoms with E-state index in [1.54, 1.807) is 32.9 Å². The van der Waals surface area contributed by atoms with E-state index in [9.17, 15) is 28.1 Å². The first-order valence-electron chi connectivity index (χ1n) is 22.3. The molecule has 67 heavy (non-hydrogen) atoms. The molecule has 0 saturated carbocycles. The van der Waals surface area contributed by atoms with Gasteiger partial charge in [0.15, 0.2) is 11.6 Å². The van der Waals surface area contributed by atoms with E-state index in [1.165, 1.54) is 34.9 Å². The molecule has 3 aliphatic rings. The summed E-state index contributed by atoms with van der Waals surface area (Å²) < 4.78 is 61.5. The molecular formula is C48H57ClFN7O9S. The maximum absolute atomic E-state index is 15.4. The van der Waals surface area contributed by atoms with Crippen LogP contribution in [0.15, 0.2) is 83.4 Å². The third-order valence-corrected chi connectivity index (χ3v) is 13.6. The Kier molecular flexibility index (Phi) is 15.1. The van der Waals surface area contributed by atoms with Gasteiger partial charge >= 0.3 is 6.09 Å². The van der Waals surface area contributed by atoms with E-state index in [-0.39, 0.29) is 34.1 Å². The molecule has 16 nitrogen and oxygen atoms in total. The van der Waals surface area contributed by atoms with Crippen LogP contribution in [0.2, 0.25) is 5.02 Å². The summed E-state index contributed by atoms with van der Waals surface area (Å²) >= 11 is 6.23. The maximum atomic E-state index is 15.4. The minimum atomic E-state index is -4.68. The van der Waals surface area contributed by atoms with Crippen LogP contribution in [0.4, 0.5) is 32.1 Å². The fraction of sp³-hybridized carbons (Fsp3) is 0.438. The fourth-order valence-corrected chi connectivity index (χ4v) is 9.50. The van der Waals surface area contributed by atoms with Gasteiger partial charge in [0, 0.05) is 81.4 Å². The van der Waals surface area contributed by atoms with Gasteiger partial charge in [0.1, 0.15) is 22.8 Å². The van der Waals surface area contributed by atoms with E-state index in [1.807, 2.05) is 16.9 Å². The zero-order valence-corrected chi connectivity index (χ0v) is 39.9. The first-order chi connectivity index (χ1) is 31.7. The molecule has 0 bridgehead atoms. The fourth-order valence-electron chi connectivity index (χ4n) is 8.39. The third-order valence-electron chi connectivity index (χ3n) is 12.0. The van der Waals surface area contributed by atoms with Crippen molar-refractivity contribution in [2.75, 3.05) is 68.0 Å². The Morgan fingerprint density at radius 3 is 2.40 bits per heavy atom. The number of rotatable bonds is 14. The Bertz CT molecular complexity index is 2630. The Morgan fingerprint density at radius 2 is 1.73 bits per heavy atom. The summed E-state index contributed by atoms with van der Waals surface area (Å²) in [6, 6.07) is 17.0. The summed E-state index contributed by atoms with van der Waals surface area (Å²) in [4.78, 5) is 45.7. The molecule has 358 valence electrons. The highest BCUT2D eigenvalue weighted by Crippen LogP contribution is 2.43. The number of hydrogen-bond acceptors (Lipinski definition) is 13. The molecular weight excluding hydrogens is 905 g/mol. The molecule has 0 radical (unpaired) electrons. The number of carbonyl (C=O) groups excluding carboxylic acids is 2. The number of carbonyl (C=O) groups is 2. The van der Waals surface area contributed by atoms with Gasteiger partial charge in [-0.3, -0.25) is 25.1 Å². The van der Waals surface area contributed by atoms with Crippen molar-refractivity contribution in [3.63, 3.8) is 0 Å². The van der Waals surface area contributed by atoms with Gasteiger partial charge in [-0.1, -0.05) is 43.2 Å². The number of pyridine rings is 1. The van der Waals surface area contributed by atoms with Crippen LogP contribution in [0.25, 0.3) is 5.57 Å². The van der Waals surface area contributed by atoms with Crippen LogP contribution in [0.3, 0.4) is 0 Å². The zero-order valence-electron chi connectivity index (χ0n) is 38.3. The molecule has 2 fully saturated rings. The Morgan fingerprint density at radius 1 is 1.01 bits per heavy atom. The highest BCUT2D eigenvalue weighted by atomic mass is 35.5. The lowest BCUT2D eigenvalue weighted by atomic mass is 9.72. The highest BCUT2D eigenvalue weighted by molar-refractivity contribution is 7.90. The van der Waals surface area contributed by atoms with Crippen molar-refractivity contribution in [2.45, 2.75) is 77.2 Å². The second-order valence-electron chi connectivity index (χ2n) is 18.9. The lowest BCUT2D eigenvalue weighted by molar-refractivity contribution is -0.384. The van der Waals surface area contributed by atoms with Crippen LogP contribution in [-0.2, 0) is 19.5 Å². The minimum Gasteiger partial charge on any atom is -0.455 e. The van der Waals surface area contributed by atoms with E-state index < -0.39 is 54.8 Å². The summed E-state index contributed by atoms with van der Waals surface area (Å²) in [6.07, 6.45) is 4.84. The van der Waals surface area contributed by atoms with Crippen LogP contribution in [0.1, 0.15) is 82.6 Å². The molecule has 3 heterocycles. The lowest BCUT2D eigenvalue weighted by Crippen LogP contribution is -2.47. The van der Waals surface area contributed by atoms with Crippen molar-refractivity contribution in [1.29, 1.82) is 0 Å². The smallest absolute Gasteiger partial charge is 0.413 e. The number of hydrogen-bond donors (Lipinski definition) is 3. The van der Waals surface area contributed by atoms with Crippen LogP contribution in [-0.4, -0.2) is 93.3 Å². The third kappa shape index (κ3) is 13.0. The first kappa shape index (κ1) is 49.1. The summed E-state index contributed by atoms with van der Waals surface area (Å²) in [5.74, 6) is -2.55. The first-order valence-corrected chi connectivity index (χ1v) is 24.2. The van der Waals surface area contributed by atoms with E-state index >= 15 is 4.39 Å². The van der Waals surface area contributed by atoms with Gasteiger partial charge in [-0.2, -0.15) is 0 Å². The largest absolute Gasteiger partial charge is 0.455 e. The molecule has 2 amide bonds. The average Bonchev–Trinajstić information content (AvgIpc) is 3.27. The maximum Gasteiger partial charge on any atom is 0.413 e. The number of anilines is 3. The van der Waals surface area contributed by atoms with Crippen LogP contribution in [0.5, 0.6) is 11.5 Å². The molecule has 0 atom stereocenters. The van der Waals surface area contributed by atoms with E-state index in [2.05, 4.69) is 51.4 Å². The summed E-state index contributed by atoms with van der Waals surface area (Å²) in [5.41, 5.74) is 3.39. The minimum absolute atomic E-state index is 0.122. The molecule has 2 aliphatic heterocycles. The molecule has 3 aromatic carbocycles. The zero-order chi connectivity index (χ0) is 48.1. The predicted molar refractivity (Wildman–Crippen MR) is 255 cm³/mol. The van der Waals surface area contributed by atoms with Gasteiger partial charge in [0.2, 0.25) is 0 Å². The number of nitrogens with zero attached hydrogens (tertiary/aromatic N) is 4. The summed E-state index contributed by atoms with van der Waals surface area (Å²) in [6.45, 7) is 14.7. The van der Waals surface area contributed by atoms with Crippen LogP contribution in [0, 0.1) is 27.3 Å². The molecule has 2 saturated heterocycles. The predicted octanol–water partition coefficient (Wildman–Crippen LogP) is 9.66. The van der Waals surface area contributed by atoms with Gasteiger partial charge in [0.05, 0.1) is 21.6 Å². The second kappa shape index (κ2) is 20.6. The standard InChI is InChI=1S/C48H57ClFN7O9S/c1-47(2,3)66-46(59)53-44-40(50)25-36(29-52-44)65-43-24-35(56-20-18-55(19-21-56)30-33-14-17-48(4,5)27-39(33)32-6-8-34(49)9-7-32)10-12-38(43)45(58)54-67(62,63)37-11-13-41(42(26-37)57(60)61)51-28-31-15-22-64-23-16-31/h6-13,24-26,29,31,51H,14-23,27-28,30H2,1-5H3,(H,54,58)(H,52,53,59). The van der Waals surface area contributed by atoms with Gasteiger partial charge < -0.3 is 24.4 Å². The highest BCUT2D eigenvalue weighted by Gasteiger charge is 2.31. The monoisotopic (exact) mass is 961 g/mol.